The number of hydrogen-bond acceptors (Lipinski definition) is 4. The van der Waals surface area contributed by atoms with Crippen LogP contribution in [0.15, 0.2) is 29.3 Å². The molecule has 0 spiro atoms. The second-order valence-corrected chi connectivity index (χ2v) is 2.99. The first-order chi connectivity index (χ1) is 8.02. The van der Waals surface area contributed by atoms with Gasteiger partial charge in [0.05, 0.1) is 4.92 Å². The van der Waals surface area contributed by atoms with Crippen LogP contribution in [0.4, 0.5) is 16.2 Å². The van der Waals surface area contributed by atoms with Crippen molar-refractivity contribution in [3.63, 3.8) is 0 Å². The van der Waals surface area contributed by atoms with Crippen molar-refractivity contribution < 1.29 is 9.72 Å². The Morgan fingerprint density at radius 3 is 2.39 bits per heavy atom. The fourth-order valence-corrected chi connectivity index (χ4v) is 1.00. The number of nitro benzene ring substituents is 1. The minimum Gasteiger partial charge on any atom is -0.370 e. The van der Waals surface area contributed by atoms with E-state index >= 15 is 0 Å². The van der Waals surface area contributed by atoms with Gasteiger partial charge in [0.1, 0.15) is 0 Å². The number of aliphatic imine (C=N–C) groups is 1. The Hall–Kier alpha value is -2.35. The zero-order valence-electron chi connectivity index (χ0n) is 9.41. The highest BCUT2D eigenvalue weighted by Crippen LogP contribution is 2.14. The van der Waals surface area contributed by atoms with Gasteiger partial charge in [-0.25, -0.2) is 4.79 Å². The summed E-state index contributed by atoms with van der Waals surface area (Å²) < 4.78 is 0. The molecule has 8 nitrogen and oxygen atoms in total. The maximum atomic E-state index is 11.3. The lowest BCUT2D eigenvalue weighted by atomic mass is 10.3. The number of rotatable bonds is 2. The van der Waals surface area contributed by atoms with Crippen LogP contribution in [0, 0.1) is 10.1 Å². The van der Waals surface area contributed by atoms with Crippen molar-refractivity contribution in [1.82, 2.24) is 5.32 Å². The lowest BCUT2D eigenvalue weighted by molar-refractivity contribution is -0.384. The number of amides is 2. The minimum absolute atomic E-state index is 0. The van der Waals surface area contributed by atoms with E-state index < -0.39 is 11.0 Å². The van der Waals surface area contributed by atoms with Crippen molar-refractivity contribution in [1.29, 1.82) is 0 Å². The molecule has 0 unspecified atom stereocenters. The van der Waals surface area contributed by atoms with Gasteiger partial charge in [-0.15, -0.1) is 12.4 Å². The number of non-ortho nitro benzene ring substituents is 1. The second-order valence-electron chi connectivity index (χ2n) is 2.99. The Bertz CT molecular complexity index is 460. The molecular formula is C9H12ClN5O3. The summed E-state index contributed by atoms with van der Waals surface area (Å²) in [4.78, 5) is 24.7. The SMILES string of the molecule is CN=C(N)NC(=O)Nc1ccc([N+](=O)[O-])cc1.Cl. The number of benzene rings is 1. The summed E-state index contributed by atoms with van der Waals surface area (Å²) in [5, 5.41) is 15.1. The van der Waals surface area contributed by atoms with Gasteiger partial charge >= 0.3 is 6.03 Å². The van der Waals surface area contributed by atoms with Gasteiger partial charge in [-0.2, -0.15) is 0 Å². The third kappa shape index (κ3) is 4.66. The van der Waals surface area contributed by atoms with Crippen LogP contribution in [-0.2, 0) is 0 Å². The van der Waals surface area contributed by atoms with Crippen molar-refractivity contribution >= 4 is 35.8 Å². The first-order valence-corrected chi connectivity index (χ1v) is 4.57. The molecule has 0 aliphatic heterocycles. The smallest absolute Gasteiger partial charge is 0.325 e. The van der Waals surface area contributed by atoms with Crippen molar-refractivity contribution in [3.05, 3.63) is 34.4 Å². The number of carbonyl (C=O) groups is 1. The van der Waals surface area contributed by atoms with E-state index in [9.17, 15) is 14.9 Å². The number of hydrogen-bond donors (Lipinski definition) is 3. The molecule has 1 aromatic rings. The largest absolute Gasteiger partial charge is 0.370 e. The first-order valence-electron chi connectivity index (χ1n) is 4.57. The topological polar surface area (TPSA) is 123 Å². The molecule has 0 aliphatic rings. The predicted molar refractivity (Wildman–Crippen MR) is 70.0 cm³/mol. The normalized spacial score (nSPS) is 10.2. The van der Waals surface area contributed by atoms with E-state index in [1.807, 2.05) is 0 Å². The van der Waals surface area contributed by atoms with E-state index in [-0.39, 0.29) is 24.1 Å². The van der Waals surface area contributed by atoms with Gasteiger partial charge in [0, 0.05) is 24.9 Å². The zero-order chi connectivity index (χ0) is 12.8. The Morgan fingerprint density at radius 1 is 1.39 bits per heavy atom. The summed E-state index contributed by atoms with van der Waals surface area (Å²) in [6.45, 7) is 0. The number of nitrogens with two attached hydrogens (primary N) is 1. The number of guanidine groups is 1. The molecule has 0 aliphatic carbocycles. The number of anilines is 1. The van der Waals surface area contributed by atoms with Crippen LogP contribution in [0.3, 0.4) is 0 Å². The zero-order valence-corrected chi connectivity index (χ0v) is 10.2. The summed E-state index contributed by atoms with van der Waals surface area (Å²) in [6.07, 6.45) is 0. The molecule has 0 atom stereocenters. The maximum absolute atomic E-state index is 11.3. The Balaban J connectivity index is 0.00000289. The van der Waals surface area contributed by atoms with Gasteiger partial charge < -0.3 is 11.1 Å². The number of carbonyl (C=O) groups excluding carboxylic acids is 1. The van der Waals surface area contributed by atoms with E-state index in [1.165, 1.54) is 31.3 Å². The fourth-order valence-electron chi connectivity index (χ4n) is 1.00. The molecule has 0 fully saturated rings. The van der Waals surface area contributed by atoms with E-state index in [4.69, 9.17) is 5.73 Å². The van der Waals surface area contributed by atoms with E-state index in [1.54, 1.807) is 0 Å². The molecule has 0 aromatic heterocycles. The molecule has 0 heterocycles. The number of nitrogens with zero attached hydrogens (tertiary/aromatic N) is 2. The number of halogens is 1. The van der Waals surface area contributed by atoms with Crippen molar-refractivity contribution in [3.8, 4) is 0 Å². The quantitative estimate of drug-likeness (QED) is 0.323. The lowest BCUT2D eigenvalue weighted by Gasteiger charge is -2.05. The molecule has 2 amide bonds. The standard InChI is InChI=1S/C9H11N5O3.ClH/c1-11-8(10)13-9(15)12-6-2-4-7(5-3-6)14(16)17;/h2-5H,1H3,(H4,10,11,12,13,15);1H. The van der Waals surface area contributed by atoms with Crippen LogP contribution < -0.4 is 16.4 Å². The van der Waals surface area contributed by atoms with Crippen LogP contribution in [-0.4, -0.2) is 24.0 Å². The van der Waals surface area contributed by atoms with Gasteiger partial charge in [0.2, 0.25) is 0 Å². The van der Waals surface area contributed by atoms with Crippen LogP contribution in [0.25, 0.3) is 0 Å². The molecule has 98 valence electrons. The van der Waals surface area contributed by atoms with E-state index in [2.05, 4.69) is 15.6 Å². The molecule has 18 heavy (non-hydrogen) atoms. The third-order valence-electron chi connectivity index (χ3n) is 1.82. The van der Waals surface area contributed by atoms with Crippen molar-refractivity contribution in [2.45, 2.75) is 0 Å². The summed E-state index contributed by atoms with van der Waals surface area (Å²) in [5.74, 6) is -0.0237. The number of nitrogens with one attached hydrogen (secondary N) is 2. The monoisotopic (exact) mass is 273 g/mol. The number of urea groups is 1. The molecule has 0 bridgehead atoms. The molecular weight excluding hydrogens is 262 g/mol. The lowest BCUT2D eigenvalue weighted by Crippen LogP contribution is -2.39. The predicted octanol–water partition coefficient (Wildman–Crippen LogP) is 1.08. The van der Waals surface area contributed by atoms with Crippen LogP contribution in [0.5, 0.6) is 0 Å². The van der Waals surface area contributed by atoms with Gasteiger partial charge in [-0.1, -0.05) is 0 Å². The van der Waals surface area contributed by atoms with Gasteiger partial charge in [0.25, 0.3) is 5.69 Å². The highest BCUT2D eigenvalue weighted by Gasteiger charge is 2.06. The van der Waals surface area contributed by atoms with Crippen LogP contribution >= 0.6 is 12.4 Å². The maximum Gasteiger partial charge on any atom is 0.325 e. The second kappa shape index (κ2) is 7.07. The van der Waals surface area contributed by atoms with Crippen LogP contribution in [0.2, 0.25) is 0 Å². The molecule has 0 saturated carbocycles. The summed E-state index contributed by atoms with van der Waals surface area (Å²) in [5.41, 5.74) is 5.64. The minimum atomic E-state index is -0.568. The average Bonchev–Trinajstić information content (AvgIpc) is 2.29. The highest BCUT2D eigenvalue weighted by molar-refractivity contribution is 6.01. The molecule has 1 aromatic carbocycles. The third-order valence-corrected chi connectivity index (χ3v) is 1.82. The summed E-state index contributed by atoms with van der Waals surface area (Å²) >= 11 is 0. The Labute approximate surface area is 109 Å². The van der Waals surface area contributed by atoms with Crippen molar-refractivity contribution in [2.24, 2.45) is 10.7 Å². The van der Waals surface area contributed by atoms with Crippen LogP contribution in [0.1, 0.15) is 0 Å². The molecule has 9 heteroatoms. The van der Waals surface area contributed by atoms with Gasteiger partial charge in [0.15, 0.2) is 5.96 Å². The Morgan fingerprint density at radius 2 is 1.94 bits per heavy atom. The number of nitro groups is 1. The fraction of sp³-hybridized carbons (Fsp3) is 0.111. The first kappa shape index (κ1) is 15.7. The molecule has 0 radical (unpaired) electrons. The molecule has 1 rings (SSSR count). The van der Waals surface area contributed by atoms with Gasteiger partial charge in [-0.3, -0.25) is 20.4 Å². The summed E-state index contributed by atoms with van der Waals surface area (Å²) in [6, 6.07) is 4.83. The summed E-state index contributed by atoms with van der Waals surface area (Å²) in [7, 11) is 1.43. The van der Waals surface area contributed by atoms with E-state index in [0.29, 0.717) is 5.69 Å². The average molecular weight is 274 g/mol. The molecule has 0 saturated heterocycles. The highest BCUT2D eigenvalue weighted by atomic mass is 35.5. The van der Waals surface area contributed by atoms with Crippen molar-refractivity contribution in [2.75, 3.05) is 12.4 Å². The van der Waals surface area contributed by atoms with Gasteiger partial charge in [-0.05, 0) is 12.1 Å². The molecule has 4 N–H and O–H groups in total. The van der Waals surface area contributed by atoms with E-state index in [0.717, 1.165) is 0 Å². The Kier molecular flexibility index (Phi) is 6.15.